The summed E-state index contributed by atoms with van der Waals surface area (Å²) in [5.74, 6) is -6.74. The molecule has 2 aliphatic rings. The first-order valence-electron chi connectivity index (χ1n) is 22.0. The zero-order chi connectivity index (χ0) is 48.8. The molecule has 0 spiro atoms. The van der Waals surface area contributed by atoms with Gasteiger partial charge in [0.2, 0.25) is 53.2 Å². The van der Waals surface area contributed by atoms with Crippen molar-refractivity contribution in [3.8, 4) is 5.75 Å². The Morgan fingerprint density at radius 1 is 0.742 bits per heavy atom. The highest BCUT2D eigenvalue weighted by Crippen LogP contribution is 2.33. The molecule has 1 unspecified atom stereocenters. The first-order chi connectivity index (χ1) is 31.3. The van der Waals surface area contributed by atoms with Gasteiger partial charge >= 0.3 is 6.03 Å². The van der Waals surface area contributed by atoms with Gasteiger partial charge in [-0.2, -0.15) is 11.8 Å². The van der Waals surface area contributed by atoms with Crippen LogP contribution in [0.25, 0.3) is 0 Å². The SMILES string of the molecule is CC(C)CC(CC(=O)NO)C(=O)N[C@@H](Cc1ccc(O)cc1)C(=O)N[C@@H](CCC(N)=O)C(=O)NCC(=O)NCC(=O)N[C@@H](CCCCNC(=O)CCCC[C@@H]1SC[C@@H]2NC(=O)N[C@@H]21)C(N)=O. The monoisotopic (exact) mass is 947 g/mol. The van der Waals surface area contributed by atoms with Crippen molar-refractivity contribution in [3.05, 3.63) is 29.8 Å². The minimum Gasteiger partial charge on any atom is -0.508 e. The van der Waals surface area contributed by atoms with Crippen molar-refractivity contribution in [2.75, 3.05) is 25.4 Å². The Morgan fingerprint density at radius 3 is 2.11 bits per heavy atom. The molecule has 15 N–H and O–H groups in total. The molecule has 7 atom stereocenters. The van der Waals surface area contributed by atoms with E-state index < -0.39 is 84.4 Å². The van der Waals surface area contributed by atoms with Gasteiger partial charge in [-0.25, -0.2) is 10.3 Å². The molecule has 24 heteroatoms. The summed E-state index contributed by atoms with van der Waals surface area (Å²) >= 11 is 1.82. The number of fused-ring (bicyclic) bond motifs is 1. The van der Waals surface area contributed by atoms with Crippen LogP contribution in [0.2, 0.25) is 0 Å². The van der Waals surface area contributed by atoms with Gasteiger partial charge < -0.3 is 59.1 Å². The summed E-state index contributed by atoms with van der Waals surface area (Å²) < 4.78 is 0. The van der Waals surface area contributed by atoms with E-state index in [1.165, 1.54) is 29.7 Å². The number of carbonyl (C=O) groups excluding carboxylic acids is 10. The van der Waals surface area contributed by atoms with E-state index in [2.05, 4.69) is 42.5 Å². The molecule has 0 radical (unpaired) electrons. The second kappa shape index (κ2) is 28.0. The fourth-order valence-corrected chi connectivity index (χ4v) is 8.99. The van der Waals surface area contributed by atoms with Crippen LogP contribution >= 0.6 is 11.8 Å². The van der Waals surface area contributed by atoms with Crippen LogP contribution in [-0.4, -0.2) is 130 Å². The Bertz CT molecular complexity index is 1870. The smallest absolute Gasteiger partial charge is 0.315 e. The Kier molecular flexibility index (Phi) is 23.0. The van der Waals surface area contributed by atoms with E-state index in [0.29, 0.717) is 43.0 Å². The standard InChI is InChI=1S/C42H65N11O12S/c1-23(2)17-25(19-34(57)53-65)39(61)50-29(18-24-10-12-26(54)13-11-24)41(63)49-28(14-15-32(43)55)40(62)47-20-35(58)46-21-36(59)48-27(38(44)60)7-5-6-16-45-33(56)9-4-3-8-31-37-30(22-66-31)51-42(64)52-37/h10-13,23,25,27-31,37,54,65H,3-9,14-22H2,1-2H3,(H2,43,55)(H2,44,60)(H,45,56)(H,46,58)(H,47,62)(H,48,59)(H,49,63)(H,50,61)(H,53,57)(H2,51,52,64)/t25?,27-,28-,29-,30-,31-,37-/m0/s1. The zero-order valence-corrected chi connectivity index (χ0v) is 38.1. The average molecular weight is 948 g/mol. The molecular formula is C42H65N11O12S. The summed E-state index contributed by atoms with van der Waals surface area (Å²) in [4.78, 5) is 125. The third kappa shape index (κ3) is 19.9. The molecule has 2 saturated heterocycles. The van der Waals surface area contributed by atoms with Gasteiger partial charge in [-0.1, -0.05) is 32.4 Å². The number of rotatable bonds is 30. The van der Waals surface area contributed by atoms with Gasteiger partial charge in [-0.3, -0.25) is 48.4 Å². The number of hydrogen-bond acceptors (Lipinski definition) is 13. The van der Waals surface area contributed by atoms with Crippen LogP contribution in [0.4, 0.5) is 4.79 Å². The van der Waals surface area contributed by atoms with Crippen LogP contribution in [0.5, 0.6) is 5.75 Å². The second-order valence-electron chi connectivity index (χ2n) is 16.8. The van der Waals surface area contributed by atoms with Gasteiger partial charge in [-0.15, -0.1) is 0 Å². The summed E-state index contributed by atoms with van der Waals surface area (Å²) in [6.07, 6.45) is 2.99. The fraction of sp³-hybridized carbons (Fsp3) is 0.619. The Hall–Kier alpha value is -6.17. The minimum absolute atomic E-state index is 0.0547. The number of primary amides is 2. The van der Waals surface area contributed by atoms with E-state index >= 15 is 0 Å². The Labute approximate surface area is 386 Å². The number of phenols is 1. The maximum absolute atomic E-state index is 13.7. The number of amides is 11. The number of benzene rings is 1. The predicted octanol–water partition coefficient (Wildman–Crippen LogP) is -2.06. The molecule has 366 valence electrons. The van der Waals surface area contributed by atoms with Crippen molar-refractivity contribution >= 4 is 71.0 Å². The van der Waals surface area contributed by atoms with E-state index in [0.717, 1.165) is 18.6 Å². The van der Waals surface area contributed by atoms with Crippen LogP contribution in [-0.2, 0) is 49.6 Å². The van der Waals surface area contributed by atoms with Crippen LogP contribution in [0.1, 0.15) is 90.0 Å². The van der Waals surface area contributed by atoms with Crippen molar-refractivity contribution in [2.45, 2.75) is 126 Å². The fourth-order valence-electron chi connectivity index (χ4n) is 7.44. The first-order valence-corrected chi connectivity index (χ1v) is 23.1. The van der Waals surface area contributed by atoms with E-state index in [9.17, 15) is 53.1 Å². The maximum atomic E-state index is 13.7. The van der Waals surface area contributed by atoms with E-state index in [1.54, 1.807) is 0 Å². The Balaban J connectivity index is 1.45. The minimum atomic E-state index is -1.44. The molecule has 2 aliphatic heterocycles. The number of unbranched alkanes of at least 4 members (excludes halogenated alkanes) is 2. The third-order valence-electron chi connectivity index (χ3n) is 10.9. The third-order valence-corrected chi connectivity index (χ3v) is 12.4. The van der Waals surface area contributed by atoms with Crippen molar-refractivity contribution in [1.82, 2.24) is 48.0 Å². The van der Waals surface area contributed by atoms with E-state index in [-0.39, 0.29) is 74.2 Å². The van der Waals surface area contributed by atoms with Gasteiger partial charge in [-0.05, 0) is 68.6 Å². The summed E-state index contributed by atoms with van der Waals surface area (Å²) in [5.41, 5.74) is 12.8. The highest BCUT2D eigenvalue weighted by atomic mass is 32.2. The topological polar surface area (TPSA) is 371 Å². The molecule has 2 fully saturated rings. The summed E-state index contributed by atoms with van der Waals surface area (Å²) in [6.45, 7) is 2.73. The number of urea groups is 1. The molecule has 0 aliphatic carbocycles. The van der Waals surface area contributed by atoms with Gasteiger partial charge in [0.15, 0.2) is 0 Å². The van der Waals surface area contributed by atoms with E-state index in [4.69, 9.17) is 16.7 Å². The lowest BCUT2D eigenvalue weighted by atomic mass is 9.92. The Morgan fingerprint density at radius 2 is 1.44 bits per heavy atom. The first kappa shape index (κ1) is 54.2. The molecule has 66 heavy (non-hydrogen) atoms. The number of aromatic hydroxyl groups is 1. The lowest BCUT2D eigenvalue weighted by molar-refractivity contribution is -0.137. The molecule has 0 bridgehead atoms. The van der Waals surface area contributed by atoms with Crippen molar-refractivity contribution in [3.63, 3.8) is 0 Å². The molecule has 0 saturated carbocycles. The van der Waals surface area contributed by atoms with Crippen molar-refractivity contribution < 1.29 is 58.3 Å². The normalized spacial score (nSPS) is 17.9. The van der Waals surface area contributed by atoms with Gasteiger partial charge in [0.05, 0.1) is 25.2 Å². The molecule has 3 rings (SSSR count). The zero-order valence-electron chi connectivity index (χ0n) is 37.3. The highest BCUT2D eigenvalue weighted by Gasteiger charge is 2.42. The lowest BCUT2D eigenvalue weighted by Crippen LogP contribution is -2.56. The second-order valence-corrected chi connectivity index (χ2v) is 18.1. The summed E-state index contributed by atoms with van der Waals surface area (Å²) in [5, 5.41) is 40.0. The van der Waals surface area contributed by atoms with Gasteiger partial charge in [0.25, 0.3) is 0 Å². The van der Waals surface area contributed by atoms with Gasteiger partial charge in [0, 0.05) is 49.1 Å². The molecule has 1 aromatic rings. The van der Waals surface area contributed by atoms with Crippen molar-refractivity contribution in [1.29, 1.82) is 0 Å². The number of thioether (sulfide) groups is 1. The molecule has 23 nitrogen and oxygen atoms in total. The maximum Gasteiger partial charge on any atom is 0.315 e. The number of carbonyl (C=O) groups is 10. The summed E-state index contributed by atoms with van der Waals surface area (Å²) in [6, 6.07) is 2.06. The average Bonchev–Trinajstić information content (AvgIpc) is 3.82. The number of hydrogen-bond donors (Lipinski definition) is 13. The van der Waals surface area contributed by atoms with Gasteiger partial charge in [0.1, 0.15) is 23.9 Å². The van der Waals surface area contributed by atoms with E-state index in [1.807, 2.05) is 25.6 Å². The molecule has 11 amide bonds. The number of nitrogens with two attached hydrogens (primary N) is 2. The lowest BCUT2D eigenvalue weighted by Gasteiger charge is -2.25. The van der Waals surface area contributed by atoms with Crippen LogP contribution in [0, 0.1) is 11.8 Å². The molecule has 0 aromatic heterocycles. The predicted molar refractivity (Wildman–Crippen MR) is 240 cm³/mol. The molecular weight excluding hydrogens is 883 g/mol. The molecule has 1 aromatic carbocycles. The van der Waals surface area contributed by atoms with Crippen molar-refractivity contribution in [2.24, 2.45) is 23.3 Å². The largest absolute Gasteiger partial charge is 0.508 e. The molecule has 2 heterocycles. The van der Waals surface area contributed by atoms with Crippen LogP contribution in [0.3, 0.4) is 0 Å². The van der Waals surface area contributed by atoms with Crippen LogP contribution < -0.4 is 59.5 Å². The number of phenolic OH excluding ortho intramolecular Hbond substituents is 1. The number of hydroxylamine groups is 1. The quantitative estimate of drug-likeness (QED) is 0.0171. The summed E-state index contributed by atoms with van der Waals surface area (Å²) in [7, 11) is 0. The highest BCUT2D eigenvalue weighted by molar-refractivity contribution is 8.00. The van der Waals surface area contributed by atoms with Crippen LogP contribution in [0.15, 0.2) is 24.3 Å². The number of nitrogens with one attached hydrogen (secondary N) is 9.